The molecule has 0 spiro atoms. The SMILES string of the molecule is Cc1ccc2c3c([nH]c2c1C)CCCC3C#N. The van der Waals surface area contributed by atoms with E-state index in [4.69, 9.17) is 0 Å². The summed E-state index contributed by atoms with van der Waals surface area (Å²) < 4.78 is 0. The third-order valence-electron chi connectivity index (χ3n) is 4.05. The Hall–Kier alpha value is -1.75. The zero-order chi connectivity index (χ0) is 12.0. The van der Waals surface area contributed by atoms with Crippen LogP contribution in [0.2, 0.25) is 0 Å². The predicted molar refractivity (Wildman–Crippen MR) is 69.1 cm³/mol. The fourth-order valence-electron chi connectivity index (χ4n) is 2.93. The van der Waals surface area contributed by atoms with Crippen LogP contribution in [0.15, 0.2) is 12.1 Å². The second-order valence-electron chi connectivity index (χ2n) is 5.02. The van der Waals surface area contributed by atoms with Gasteiger partial charge in [-0.25, -0.2) is 0 Å². The molecule has 1 atom stereocenters. The Bertz CT molecular complexity index is 628. The van der Waals surface area contributed by atoms with Crippen molar-refractivity contribution in [3.05, 3.63) is 34.5 Å². The average molecular weight is 224 g/mol. The van der Waals surface area contributed by atoms with Crippen LogP contribution in [-0.4, -0.2) is 4.98 Å². The molecule has 1 aliphatic carbocycles. The van der Waals surface area contributed by atoms with Crippen LogP contribution in [-0.2, 0) is 6.42 Å². The number of fused-ring (bicyclic) bond motifs is 3. The van der Waals surface area contributed by atoms with Crippen LogP contribution in [0.3, 0.4) is 0 Å². The molecule has 17 heavy (non-hydrogen) atoms. The van der Waals surface area contributed by atoms with Crippen molar-refractivity contribution < 1.29 is 0 Å². The smallest absolute Gasteiger partial charge is 0.0736 e. The van der Waals surface area contributed by atoms with E-state index in [9.17, 15) is 5.26 Å². The fourth-order valence-corrected chi connectivity index (χ4v) is 2.93. The first-order valence-electron chi connectivity index (χ1n) is 6.22. The molecule has 0 aliphatic heterocycles. The van der Waals surface area contributed by atoms with Gasteiger partial charge in [-0.2, -0.15) is 5.26 Å². The van der Waals surface area contributed by atoms with Crippen LogP contribution in [0, 0.1) is 25.2 Å². The minimum absolute atomic E-state index is 0.0783. The highest BCUT2D eigenvalue weighted by Gasteiger charge is 2.24. The van der Waals surface area contributed by atoms with Crippen LogP contribution in [0.1, 0.15) is 41.1 Å². The quantitative estimate of drug-likeness (QED) is 0.727. The van der Waals surface area contributed by atoms with Crippen LogP contribution in [0.5, 0.6) is 0 Å². The number of hydrogen-bond donors (Lipinski definition) is 1. The highest BCUT2D eigenvalue weighted by molar-refractivity contribution is 5.89. The molecular weight excluding hydrogens is 208 g/mol. The van der Waals surface area contributed by atoms with Gasteiger partial charge >= 0.3 is 0 Å². The van der Waals surface area contributed by atoms with E-state index in [0.29, 0.717) is 0 Å². The molecule has 86 valence electrons. The van der Waals surface area contributed by atoms with Gasteiger partial charge in [0, 0.05) is 16.6 Å². The molecule has 2 heteroatoms. The molecule has 1 aromatic carbocycles. The van der Waals surface area contributed by atoms with Gasteiger partial charge in [-0.15, -0.1) is 0 Å². The third-order valence-corrected chi connectivity index (χ3v) is 4.05. The van der Waals surface area contributed by atoms with Gasteiger partial charge in [0.05, 0.1) is 12.0 Å². The summed E-state index contributed by atoms with van der Waals surface area (Å²) in [7, 11) is 0. The number of aryl methyl sites for hydroxylation is 3. The van der Waals surface area contributed by atoms with Gasteiger partial charge in [0.2, 0.25) is 0 Å². The second-order valence-corrected chi connectivity index (χ2v) is 5.02. The molecule has 0 fully saturated rings. The molecule has 2 aromatic rings. The van der Waals surface area contributed by atoms with E-state index in [0.717, 1.165) is 19.3 Å². The summed E-state index contributed by atoms with van der Waals surface area (Å²) in [6, 6.07) is 6.78. The van der Waals surface area contributed by atoms with Crippen LogP contribution >= 0.6 is 0 Å². The van der Waals surface area contributed by atoms with E-state index in [-0.39, 0.29) is 5.92 Å². The fraction of sp³-hybridized carbons (Fsp3) is 0.400. The van der Waals surface area contributed by atoms with Gasteiger partial charge < -0.3 is 4.98 Å². The van der Waals surface area contributed by atoms with Gasteiger partial charge in [-0.05, 0) is 49.8 Å². The van der Waals surface area contributed by atoms with E-state index in [1.807, 2.05) is 0 Å². The van der Waals surface area contributed by atoms with Crippen molar-refractivity contribution >= 4 is 10.9 Å². The summed E-state index contributed by atoms with van der Waals surface area (Å²) in [5, 5.41) is 10.5. The maximum Gasteiger partial charge on any atom is 0.0736 e. The lowest BCUT2D eigenvalue weighted by atomic mass is 9.86. The van der Waals surface area contributed by atoms with Crippen molar-refractivity contribution in [3.63, 3.8) is 0 Å². The summed E-state index contributed by atoms with van der Waals surface area (Å²) in [5.74, 6) is 0.0783. The van der Waals surface area contributed by atoms with E-state index < -0.39 is 0 Å². The summed E-state index contributed by atoms with van der Waals surface area (Å²) >= 11 is 0. The van der Waals surface area contributed by atoms with E-state index >= 15 is 0 Å². The Morgan fingerprint density at radius 1 is 1.35 bits per heavy atom. The third kappa shape index (κ3) is 1.39. The Morgan fingerprint density at radius 3 is 2.94 bits per heavy atom. The normalized spacial score (nSPS) is 19.0. The van der Waals surface area contributed by atoms with Gasteiger partial charge in [0.1, 0.15) is 0 Å². The van der Waals surface area contributed by atoms with E-state index in [2.05, 4.69) is 37.0 Å². The number of benzene rings is 1. The largest absolute Gasteiger partial charge is 0.358 e. The van der Waals surface area contributed by atoms with Crippen molar-refractivity contribution in [2.24, 2.45) is 0 Å². The maximum atomic E-state index is 9.28. The molecule has 3 rings (SSSR count). The minimum Gasteiger partial charge on any atom is -0.358 e. The van der Waals surface area contributed by atoms with Crippen molar-refractivity contribution in [2.45, 2.75) is 39.0 Å². The van der Waals surface area contributed by atoms with Crippen molar-refractivity contribution in [1.82, 2.24) is 4.98 Å². The standard InChI is InChI=1S/C15H16N2/c1-9-6-7-12-14-11(8-16)4-3-5-13(14)17-15(12)10(9)2/h6-7,11,17H,3-5H2,1-2H3. The summed E-state index contributed by atoms with van der Waals surface area (Å²) in [6.45, 7) is 4.29. The van der Waals surface area contributed by atoms with E-state index in [1.54, 1.807) is 0 Å². The summed E-state index contributed by atoms with van der Waals surface area (Å²) in [4.78, 5) is 3.54. The Balaban J connectivity index is 2.36. The number of aromatic amines is 1. The van der Waals surface area contributed by atoms with Crippen molar-refractivity contribution in [3.8, 4) is 6.07 Å². The molecule has 1 aromatic heterocycles. The molecule has 0 saturated carbocycles. The second kappa shape index (κ2) is 3.63. The van der Waals surface area contributed by atoms with Gasteiger partial charge in [-0.3, -0.25) is 0 Å². The first-order chi connectivity index (χ1) is 8.22. The Labute approximate surface area is 101 Å². The number of rotatable bonds is 0. The molecular formula is C15H16N2. The lowest BCUT2D eigenvalue weighted by molar-refractivity contribution is 0.633. The van der Waals surface area contributed by atoms with Gasteiger partial charge in [0.15, 0.2) is 0 Å². The highest BCUT2D eigenvalue weighted by atomic mass is 14.7. The molecule has 1 heterocycles. The molecule has 0 amide bonds. The predicted octanol–water partition coefficient (Wildman–Crippen LogP) is 3.73. The van der Waals surface area contributed by atoms with Crippen molar-refractivity contribution in [2.75, 3.05) is 0 Å². The Morgan fingerprint density at radius 2 is 2.18 bits per heavy atom. The van der Waals surface area contributed by atoms with Crippen LogP contribution in [0.25, 0.3) is 10.9 Å². The molecule has 1 N–H and O–H groups in total. The zero-order valence-corrected chi connectivity index (χ0v) is 10.3. The lowest BCUT2D eigenvalue weighted by Gasteiger charge is -2.16. The van der Waals surface area contributed by atoms with Crippen LogP contribution < -0.4 is 0 Å². The number of nitrogens with zero attached hydrogens (tertiary/aromatic N) is 1. The highest BCUT2D eigenvalue weighted by Crippen LogP contribution is 2.38. The summed E-state index contributed by atoms with van der Waals surface area (Å²) in [5.41, 5.74) is 6.40. The monoisotopic (exact) mass is 224 g/mol. The van der Waals surface area contributed by atoms with Gasteiger partial charge in [-0.1, -0.05) is 12.1 Å². The molecule has 0 bridgehead atoms. The number of nitrogens with one attached hydrogen (secondary N) is 1. The number of nitriles is 1. The number of H-pyrrole nitrogens is 1. The summed E-state index contributed by atoms with van der Waals surface area (Å²) in [6.07, 6.45) is 3.21. The molecule has 2 nitrogen and oxygen atoms in total. The van der Waals surface area contributed by atoms with Crippen molar-refractivity contribution in [1.29, 1.82) is 5.26 Å². The molecule has 1 unspecified atom stereocenters. The first-order valence-corrected chi connectivity index (χ1v) is 6.22. The molecule has 1 aliphatic rings. The van der Waals surface area contributed by atoms with Crippen LogP contribution in [0.4, 0.5) is 0 Å². The van der Waals surface area contributed by atoms with Gasteiger partial charge in [0.25, 0.3) is 0 Å². The average Bonchev–Trinajstić information content (AvgIpc) is 2.73. The van der Waals surface area contributed by atoms with E-state index in [1.165, 1.54) is 33.3 Å². The topological polar surface area (TPSA) is 39.6 Å². The molecule has 0 saturated heterocycles. The first kappa shape index (κ1) is 10.4. The number of aromatic nitrogens is 1. The molecule has 0 radical (unpaired) electrons. The number of hydrogen-bond acceptors (Lipinski definition) is 1. The minimum atomic E-state index is 0.0783. The Kier molecular flexibility index (Phi) is 2.22. The maximum absolute atomic E-state index is 9.28. The zero-order valence-electron chi connectivity index (χ0n) is 10.3. The lowest BCUT2D eigenvalue weighted by Crippen LogP contribution is -2.06.